The number of methoxy groups -OCH3 is 2. The predicted octanol–water partition coefficient (Wildman–Crippen LogP) is 5.95. The normalized spacial score (nSPS) is 14.7. The van der Waals surface area contributed by atoms with Gasteiger partial charge in [-0.3, -0.25) is 0 Å². The van der Waals surface area contributed by atoms with E-state index >= 15 is 0 Å². The lowest BCUT2D eigenvalue weighted by molar-refractivity contribution is 0.363. The molecule has 0 unspecified atom stereocenters. The van der Waals surface area contributed by atoms with Gasteiger partial charge in [0.2, 0.25) is 0 Å². The molecule has 0 heterocycles. The summed E-state index contributed by atoms with van der Waals surface area (Å²) >= 11 is 0. The van der Waals surface area contributed by atoms with Crippen molar-refractivity contribution in [1.82, 2.24) is 0 Å². The molecule has 0 N–H and O–H groups in total. The molecule has 0 spiro atoms. The first-order valence-electron chi connectivity index (χ1n) is 8.98. The van der Waals surface area contributed by atoms with Gasteiger partial charge in [0.25, 0.3) is 0 Å². The standard InChI is InChI=1S/C22H32O2/c1-8-22(9-2,16-12-10-11-13-16)19-15-17(23-6)14-18(20(19)24-7)21(3,4)5/h10,12-15H,8-9,11H2,1-7H3. The van der Waals surface area contributed by atoms with E-state index in [9.17, 15) is 0 Å². The smallest absolute Gasteiger partial charge is 0.126 e. The van der Waals surface area contributed by atoms with Crippen molar-refractivity contribution in [1.29, 1.82) is 0 Å². The van der Waals surface area contributed by atoms with Gasteiger partial charge in [-0.1, -0.05) is 52.8 Å². The summed E-state index contributed by atoms with van der Waals surface area (Å²) in [5.41, 5.74) is 3.80. The fourth-order valence-corrected chi connectivity index (χ4v) is 3.86. The summed E-state index contributed by atoms with van der Waals surface area (Å²) in [6.07, 6.45) is 9.97. The number of rotatable bonds is 6. The Morgan fingerprint density at radius 3 is 2.00 bits per heavy atom. The number of ether oxygens (including phenoxy) is 2. The minimum absolute atomic E-state index is 0.0122. The molecule has 2 heteroatoms. The largest absolute Gasteiger partial charge is 0.497 e. The van der Waals surface area contributed by atoms with Gasteiger partial charge in [-0.2, -0.15) is 0 Å². The van der Waals surface area contributed by atoms with Gasteiger partial charge >= 0.3 is 0 Å². The lowest BCUT2D eigenvalue weighted by Crippen LogP contribution is -2.28. The van der Waals surface area contributed by atoms with Gasteiger partial charge in [0, 0.05) is 16.5 Å². The van der Waals surface area contributed by atoms with Crippen LogP contribution in [0, 0.1) is 0 Å². The van der Waals surface area contributed by atoms with Crippen LogP contribution in [0.3, 0.4) is 0 Å². The Balaban J connectivity index is 2.81. The molecule has 1 aliphatic rings. The maximum absolute atomic E-state index is 5.96. The van der Waals surface area contributed by atoms with Gasteiger partial charge in [-0.25, -0.2) is 0 Å². The Morgan fingerprint density at radius 2 is 1.58 bits per heavy atom. The molecule has 1 aromatic rings. The zero-order valence-electron chi connectivity index (χ0n) is 16.3. The molecule has 24 heavy (non-hydrogen) atoms. The van der Waals surface area contributed by atoms with Crippen LogP contribution < -0.4 is 9.47 Å². The van der Waals surface area contributed by atoms with E-state index < -0.39 is 0 Å². The average Bonchev–Trinajstić information content (AvgIpc) is 3.10. The second-order valence-electron chi connectivity index (χ2n) is 7.59. The van der Waals surface area contributed by atoms with Gasteiger partial charge in [0.05, 0.1) is 14.2 Å². The first kappa shape index (κ1) is 18.6. The quantitative estimate of drug-likeness (QED) is 0.643. The van der Waals surface area contributed by atoms with Crippen molar-refractivity contribution in [2.24, 2.45) is 0 Å². The topological polar surface area (TPSA) is 18.5 Å². The molecule has 0 aliphatic heterocycles. The van der Waals surface area contributed by atoms with E-state index in [-0.39, 0.29) is 10.8 Å². The molecule has 0 saturated carbocycles. The summed E-state index contributed by atoms with van der Waals surface area (Å²) < 4.78 is 11.6. The van der Waals surface area contributed by atoms with Crippen LogP contribution in [0.25, 0.3) is 0 Å². The van der Waals surface area contributed by atoms with Crippen molar-refractivity contribution in [3.05, 3.63) is 47.1 Å². The zero-order valence-corrected chi connectivity index (χ0v) is 16.3. The number of hydrogen-bond donors (Lipinski definition) is 0. The molecule has 0 aromatic heterocycles. The molecule has 132 valence electrons. The Bertz CT molecular complexity index is 641. The number of hydrogen-bond acceptors (Lipinski definition) is 2. The molecule has 0 atom stereocenters. The molecule has 0 saturated heterocycles. The van der Waals surface area contributed by atoms with Gasteiger partial charge in [-0.05, 0) is 42.4 Å². The van der Waals surface area contributed by atoms with Gasteiger partial charge in [-0.15, -0.1) is 0 Å². The fourth-order valence-electron chi connectivity index (χ4n) is 3.86. The molecule has 0 radical (unpaired) electrons. The Hall–Kier alpha value is -1.70. The van der Waals surface area contributed by atoms with Crippen molar-refractivity contribution in [3.8, 4) is 11.5 Å². The average molecular weight is 328 g/mol. The SMILES string of the molecule is CCC(CC)(C1=CCC=C1)c1cc(OC)cc(C(C)(C)C)c1OC. The van der Waals surface area contributed by atoms with Crippen molar-refractivity contribution >= 4 is 0 Å². The maximum Gasteiger partial charge on any atom is 0.126 e. The lowest BCUT2D eigenvalue weighted by Gasteiger charge is -2.37. The van der Waals surface area contributed by atoms with E-state index in [0.29, 0.717) is 0 Å². The van der Waals surface area contributed by atoms with E-state index in [0.717, 1.165) is 30.8 Å². The Kier molecular flexibility index (Phi) is 5.47. The van der Waals surface area contributed by atoms with Crippen molar-refractivity contribution in [3.63, 3.8) is 0 Å². The highest BCUT2D eigenvalue weighted by Crippen LogP contribution is 2.49. The van der Waals surface area contributed by atoms with Crippen LogP contribution >= 0.6 is 0 Å². The highest BCUT2D eigenvalue weighted by atomic mass is 16.5. The Morgan fingerprint density at radius 1 is 0.958 bits per heavy atom. The number of benzene rings is 1. The molecule has 1 aromatic carbocycles. The molecule has 0 fully saturated rings. The second-order valence-corrected chi connectivity index (χ2v) is 7.59. The third-order valence-corrected chi connectivity index (χ3v) is 5.36. The van der Waals surface area contributed by atoms with Gasteiger partial charge < -0.3 is 9.47 Å². The third-order valence-electron chi connectivity index (χ3n) is 5.36. The van der Waals surface area contributed by atoms with E-state index in [1.807, 2.05) is 0 Å². The molecular weight excluding hydrogens is 296 g/mol. The summed E-state index contributed by atoms with van der Waals surface area (Å²) in [5.74, 6) is 1.91. The van der Waals surface area contributed by atoms with E-state index in [1.165, 1.54) is 16.7 Å². The molecule has 1 aliphatic carbocycles. The van der Waals surface area contributed by atoms with Crippen LogP contribution in [-0.4, -0.2) is 14.2 Å². The van der Waals surface area contributed by atoms with Crippen LogP contribution in [0.5, 0.6) is 11.5 Å². The molecular formula is C22H32O2. The van der Waals surface area contributed by atoms with Crippen LogP contribution in [0.15, 0.2) is 35.9 Å². The maximum atomic E-state index is 5.96. The summed E-state index contributed by atoms with van der Waals surface area (Å²) in [5, 5.41) is 0. The minimum Gasteiger partial charge on any atom is -0.497 e. The lowest BCUT2D eigenvalue weighted by atomic mass is 9.68. The van der Waals surface area contributed by atoms with Crippen molar-refractivity contribution < 1.29 is 9.47 Å². The van der Waals surface area contributed by atoms with Crippen LogP contribution in [0.4, 0.5) is 0 Å². The first-order valence-corrected chi connectivity index (χ1v) is 8.98. The highest BCUT2D eigenvalue weighted by molar-refractivity contribution is 5.58. The van der Waals surface area contributed by atoms with Gasteiger partial charge in [0.1, 0.15) is 11.5 Å². The highest BCUT2D eigenvalue weighted by Gasteiger charge is 2.37. The predicted molar refractivity (Wildman–Crippen MR) is 102 cm³/mol. The fraction of sp³-hybridized carbons (Fsp3) is 0.545. The monoisotopic (exact) mass is 328 g/mol. The Labute approximate surface area is 147 Å². The van der Waals surface area contributed by atoms with E-state index in [1.54, 1.807) is 14.2 Å². The summed E-state index contributed by atoms with van der Waals surface area (Å²) in [6, 6.07) is 4.30. The summed E-state index contributed by atoms with van der Waals surface area (Å²) in [6.45, 7) is 11.2. The first-order chi connectivity index (χ1) is 11.3. The summed E-state index contributed by atoms with van der Waals surface area (Å²) in [4.78, 5) is 0. The molecule has 2 rings (SSSR count). The summed E-state index contributed by atoms with van der Waals surface area (Å²) in [7, 11) is 3.53. The van der Waals surface area contributed by atoms with Gasteiger partial charge in [0.15, 0.2) is 0 Å². The van der Waals surface area contributed by atoms with Crippen molar-refractivity contribution in [2.45, 2.75) is 64.7 Å². The molecule has 0 amide bonds. The van der Waals surface area contributed by atoms with Crippen molar-refractivity contribution in [2.75, 3.05) is 14.2 Å². The van der Waals surface area contributed by atoms with E-state index in [2.05, 4.69) is 65.0 Å². The van der Waals surface area contributed by atoms with E-state index in [4.69, 9.17) is 9.47 Å². The second kappa shape index (κ2) is 7.04. The third kappa shape index (κ3) is 3.11. The number of allylic oxidation sites excluding steroid dienone is 4. The van der Waals surface area contributed by atoms with Crippen LogP contribution in [0.1, 0.15) is 65.0 Å². The zero-order chi connectivity index (χ0) is 18.0. The molecule has 2 nitrogen and oxygen atoms in total. The minimum atomic E-state index is -0.0348. The molecule has 0 bridgehead atoms. The van der Waals surface area contributed by atoms with Crippen LogP contribution in [0.2, 0.25) is 0 Å². The van der Waals surface area contributed by atoms with Crippen LogP contribution in [-0.2, 0) is 10.8 Å².